The molecule has 0 radical (unpaired) electrons. The van der Waals surface area contributed by atoms with E-state index < -0.39 is 11.9 Å². The molecule has 2 aromatic rings. The smallest absolute Gasteiger partial charge is 0.251 e. The van der Waals surface area contributed by atoms with Crippen molar-refractivity contribution < 1.29 is 14.4 Å². The normalized spacial score (nSPS) is 17.8. The van der Waals surface area contributed by atoms with E-state index in [2.05, 4.69) is 10.1 Å². The second-order valence-corrected chi connectivity index (χ2v) is 5.95. The zero-order valence-corrected chi connectivity index (χ0v) is 14.2. The summed E-state index contributed by atoms with van der Waals surface area (Å²) in [7, 11) is 1.67. The maximum atomic E-state index is 14.4. The number of likely N-dealkylation sites (N-methyl/N-ethyl adjacent to an activating group) is 1. The van der Waals surface area contributed by atoms with Gasteiger partial charge in [-0.15, -0.1) is 0 Å². The third-order valence-corrected chi connectivity index (χ3v) is 4.32. The standard InChI is InChI=1S/C19H18FN3O2/c1-11(22-25)13-8-9-17-15(10-13)18(14-6-4-5-7-16(14)20)21-12(2)19(24)23(17)3/h4-10,12,25H,1-3H3. The number of benzene rings is 2. The largest absolute Gasteiger partial charge is 0.411 e. The van der Waals surface area contributed by atoms with Crippen molar-refractivity contribution in [2.24, 2.45) is 10.1 Å². The molecule has 0 aliphatic carbocycles. The van der Waals surface area contributed by atoms with Gasteiger partial charge in [-0.2, -0.15) is 0 Å². The molecular weight excluding hydrogens is 321 g/mol. The van der Waals surface area contributed by atoms with Crippen LogP contribution < -0.4 is 4.90 Å². The maximum Gasteiger partial charge on any atom is 0.251 e. The number of hydrogen-bond acceptors (Lipinski definition) is 4. The summed E-state index contributed by atoms with van der Waals surface area (Å²) in [5, 5.41) is 12.3. The van der Waals surface area contributed by atoms with Crippen molar-refractivity contribution in [1.29, 1.82) is 0 Å². The summed E-state index contributed by atoms with van der Waals surface area (Å²) in [5.41, 5.74) is 3.07. The highest BCUT2D eigenvalue weighted by molar-refractivity contribution is 6.21. The van der Waals surface area contributed by atoms with E-state index in [1.54, 1.807) is 57.3 Å². The van der Waals surface area contributed by atoms with Crippen molar-refractivity contribution in [3.8, 4) is 0 Å². The van der Waals surface area contributed by atoms with Gasteiger partial charge in [0.1, 0.15) is 11.9 Å². The molecule has 5 nitrogen and oxygen atoms in total. The van der Waals surface area contributed by atoms with Gasteiger partial charge in [-0.1, -0.05) is 23.4 Å². The zero-order valence-electron chi connectivity index (χ0n) is 14.2. The van der Waals surface area contributed by atoms with E-state index in [1.807, 2.05) is 0 Å². The first-order chi connectivity index (χ1) is 11.9. The Morgan fingerprint density at radius 2 is 1.96 bits per heavy atom. The van der Waals surface area contributed by atoms with Crippen LogP contribution in [0.15, 0.2) is 52.6 Å². The average molecular weight is 339 g/mol. The molecule has 2 aromatic carbocycles. The molecule has 1 unspecified atom stereocenters. The fraction of sp³-hybridized carbons (Fsp3) is 0.211. The Labute approximate surface area is 145 Å². The van der Waals surface area contributed by atoms with Crippen molar-refractivity contribution in [2.45, 2.75) is 19.9 Å². The number of carbonyl (C=O) groups is 1. The number of aliphatic imine (C=N–C) groups is 1. The van der Waals surface area contributed by atoms with Crippen LogP contribution in [0.5, 0.6) is 0 Å². The van der Waals surface area contributed by atoms with Crippen LogP contribution in [0.25, 0.3) is 0 Å². The first-order valence-electron chi connectivity index (χ1n) is 7.87. The van der Waals surface area contributed by atoms with Gasteiger partial charge in [0.15, 0.2) is 0 Å². The van der Waals surface area contributed by atoms with Crippen LogP contribution in [0.2, 0.25) is 0 Å². The van der Waals surface area contributed by atoms with E-state index in [4.69, 9.17) is 5.21 Å². The van der Waals surface area contributed by atoms with Gasteiger partial charge in [-0.25, -0.2) is 4.39 Å². The molecule has 128 valence electrons. The van der Waals surface area contributed by atoms with Crippen molar-refractivity contribution >= 4 is 23.0 Å². The van der Waals surface area contributed by atoms with E-state index >= 15 is 0 Å². The lowest BCUT2D eigenvalue weighted by atomic mass is 9.96. The van der Waals surface area contributed by atoms with Crippen LogP contribution >= 0.6 is 0 Å². The van der Waals surface area contributed by atoms with Gasteiger partial charge in [-0.3, -0.25) is 9.79 Å². The van der Waals surface area contributed by atoms with Gasteiger partial charge >= 0.3 is 0 Å². The minimum absolute atomic E-state index is 0.173. The number of carbonyl (C=O) groups excluding carboxylic acids is 1. The van der Waals surface area contributed by atoms with Crippen molar-refractivity contribution in [1.82, 2.24) is 0 Å². The molecule has 0 bridgehead atoms. The highest BCUT2D eigenvalue weighted by atomic mass is 19.1. The maximum absolute atomic E-state index is 14.4. The van der Waals surface area contributed by atoms with Crippen LogP contribution in [-0.4, -0.2) is 35.6 Å². The molecule has 1 heterocycles. The number of hydrogen-bond donors (Lipinski definition) is 1. The Balaban J connectivity index is 2.31. The molecule has 0 saturated heterocycles. The lowest BCUT2D eigenvalue weighted by Crippen LogP contribution is -2.33. The van der Waals surface area contributed by atoms with Crippen LogP contribution in [0, 0.1) is 5.82 Å². The first kappa shape index (κ1) is 16.8. The minimum Gasteiger partial charge on any atom is -0.411 e. The Hall–Kier alpha value is -3.02. The van der Waals surface area contributed by atoms with Crippen molar-refractivity contribution in [3.05, 3.63) is 65.0 Å². The van der Waals surface area contributed by atoms with Crippen molar-refractivity contribution in [2.75, 3.05) is 11.9 Å². The van der Waals surface area contributed by atoms with E-state index in [1.165, 1.54) is 11.0 Å². The van der Waals surface area contributed by atoms with Crippen molar-refractivity contribution in [3.63, 3.8) is 0 Å². The molecule has 6 heteroatoms. The molecule has 1 aliphatic rings. The minimum atomic E-state index is -0.636. The van der Waals surface area contributed by atoms with E-state index in [0.29, 0.717) is 33.8 Å². The second kappa shape index (κ2) is 6.47. The number of fused-ring (bicyclic) bond motifs is 1. The van der Waals surface area contributed by atoms with Crippen LogP contribution in [0.4, 0.5) is 10.1 Å². The van der Waals surface area contributed by atoms with Gasteiger partial charge in [0.25, 0.3) is 5.91 Å². The highest BCUT2D eigenvalue weighted by Crippen LogP contribution is 2.29. The summed E-state index contributed by atoms with van der Waals surface area (Å²) in [6.07, 6.45) is 0. The van der Waals surface area contributed by atoms with Gasteiger partial charge in [0, 0.05) is 18.2 Å². The topological polar surface area (TPSA) is 65.3 Å². The summed E-state index contributed by atoms with van der Waals surface area (Å²) >= 11 is 0. The third-order valence-electron chi connectivity index (χ3n) is 4.32. The summed E-state index contributed by atoms with van der Waals surface area (Å²) in [6, 6.07) is 11.0. The van der Waals surface area contributed by atoms with E-state index in [9.17, 15) is 9.18 Å². The Morgan fingerprint density at radius 3 is 2.64 bits per heavy atom. The number of oxime groups is 1. The molecule has 3 rings (SSSR count). The number of nitrogens with zero attached hydrogens (tertiary/aromatic N) is 3. The lowest BCUT2D eigenvalue weighted by Gasteiger charge is -2.20. The van der Waals surface area contributed by atoms with E-state index in [0.717, 1.165) is 0 Å². The Bertz CT molecular complexity index is 905. The summed E-state index contributed by atoms with van der Waals surface area (Å²) in [4.78, 5) is 18.5. The van der Waals surface area contributed by atoms with Gasteiger partial charge in [-0.05, 0) is 43.7 Å². The first-order valence-corrected chi connectivity index (χ1v) is 7.87. The number of amides is 1. The molecule has 0 spiro atoms. The summed E-state index contributed by atoms with van der Waals surface area (Å²) in [5.74, 6) is -0.581. The number of anilines is 1. The summed E-state index contributed by atoms with van der Waals surface area (Å²) in [6.45, 7) is 3.35. The SMILES string of the molecule is CC(=NO)c1ccc2c(c1)C(c1ccccc1F)=NC(C)C(=O)N2C. The molecule has 0 saturated carbocycles. The third kappa shape index (κ3) is 2.91. The lowest BCUT2D eigenvalue weighted by molar-refractivity contribution is -0.119. The summed E-state index contributed by atoms with van der Waals surface area (Å²) < 4.78 is 14.4. The monoisotopic (exact) mass is 339 g/mol. The molecular formula is C19H18FN3O2. The van der Waals surface area contributed by atoms with Gasteiger partial charge < -0.3 is 10.1 Å². The Kier molecular flexibility index (Phi) is 4.35. The number of rotatable bonds is 2. The molecule has 0 fully saturated rings. The molecule has 25 heavy (non-hydrogen) atoms. The highest BCUT2D eigenvalue weighted by Gasteiger charge is 2.28. The molecule has 1 atom stereocenters. The quantitative estimate of drug-likeness (QED) is 0.519. The predicted molar refractivity (Wildman–Crippen MR) is 95.4 cm³/mol. The fourth-order valence-corrected chi connectivity index (χ4v) is 2.89. The Morgan fingerprint density at radius 1 is 1.24 bits per heavy atom. The average Bonchev–Trinajstić information content (AvgIpc) is 2.72. The van der Waals surface area contributed by atoms with Crippen LogP contribution in [0.1, 0.15) is 30.5 Å². The molecule has 1 aliphatic heterocycles. The number of halogens is 1. The predicted octanol–water partition coefficient (Wildman–Crippen LogP) is 3.23. The number of benzodiazepines with no additional fused rings is 1. The van der Waals surface area contributed by atoms with E-state index in [-0.39, 0.29) is 5.91 Å². The van der Waals surface area contributed by atoms with Crippen LogP contribution in [-0.2, 0) is 4.79 Å². The van der Waals surface area contributed by atoms with Crippen LogP contribution in [0.3, 0.4) is 0 Å². The second-order valence-electron chi connectivity index (χ2n) is 5.95. The fourth-order valence-electron chi connectivity index (χ4n) is 2.89. The molecule has 1 N–H and O–H groups in total. The van der Waals surface area contributed by atoms with Gasteiger partial charge in [0.05, 0.1) is 17.1 Å². The van der Waals surface area contributed by atoms with Gasteiger partial charge in [0.2, 0.25) is 0 Å². The molecule has 1 amide bonds. The molecule has 0 aromatic heterocycles. The zero-order chi connectivity index (χ0) is 18.1.